The maximum atomic E-state index is 12.7. The van der Waals surface area contributed by atoms with Crippen LogP contribution >= 0.6 is 11.3 Å². The van der Waals surface area contributed by atoms with E-state index in [2.05, 4.69) is 48.9 Å². The third-order valence-corrected chi connectivity index (χ3v) is 6.71. The van der Waals surface area contributed by atoms with E-state index in [1.54, 1.807) is 11.3 Å². The fraction of sp³-hybridized carbons (Fsp3) is 0.565. The van der Waals surface area contributed by atoms with E-state index in [0.717, 1.165) is 61.9 Å². The first-order chi connectivity index (χ1) is 14.8. The van der Waals surface area contributed by atoms with Crippen LogP contribution in [-0.4, -0.2) is 66.8 Å². The molecule has 0 saturated carbocycles. The van der Waals surface area contributed by atoms with Crippen molar-refractivity contribution < 1.29 is 14.3 Å². The second-order valence-electron chi connectivity index (χ2n) is 9.16. The van der Waals surface area contributed by atoms with E-state index in [4.69, 9.17) is 14.5 Å². The molecule has 8 heteroatoms. The molecule has 0 bridgehead atoms. The number of likely N-dealkylation sites (N-methyl/N-ethyl adjacent to an activating group) is 1. The van der Waals surface area contributed by atoms with Gasteiger partial charge in [-0.05, 0) is 24.2 Å². The minimum absolute atomic E-state index is 0.00814. The van der Waals surface area contributed by atoms with Gasteiger partial charge < -0.3 is 19.7 Å². The lowest BCUT2D eigenvalue weighted by molar-refractivity contribution is -0.117. The Morgan fingerprint density at radius 1 is 1.13 bits per heavy atom. The van der Waals surface area contributed by atoms with Gasteiger partial charge in [0, 0.05) is 42.9 Å². The van der Waals surface area contributed by atoms with Crippen LogP contribution in [0.2, 0.25) is 0 Å². The Morgan fingerprint density at radius 2 is 1.84 bits per heavy atom. The topological polar surface area (TPSA) is 66.9 Å². The first kappa shape index (κ1) is 22.0. The van der Waals surface area contributed by atoms with E-state index < -0.39 is 0 Å². The highest BCUT2D eigenvalue weighted by atomic mass is 32.1. The lowest BCUT2D eigenvalue weighted by Gasteiger charge is -2.33. The molecule has 3 heterocycles. The number of benzene rings is 1. The average molecular weight is 445 g/mol. The quantitative estimate of drug-likeness (QED) is 0.737. The molecule has 0 atom stereocenters. The molecule has 2 aliphatic rings. The van der Waals surface area contributed by atoms with Gasteiger partial charge in [0.15, 0.2) is 16.6 Å². The number of piperazine rings is 1. The van der Waals surface area contributed by atoms with Crippen LogP contribution in [0.5, 0.6) is 11.5 Å². The predicted molar refractivity (Wildman–Crippen MR) is 123 cm³/mol. The number of ether oxygens (including phenoxy) is 2. The molecule has 1 amide bonds. The Hall–Kier alpha value is -2.16. The molecular weight excluding hydrogens is 412 g/mol. The fourth-order valence-corrected chi connectivity index (χ4v) is 5.20. The van der Waals surface area contributed by atoms with Gasteiger partial charge in [0.25, 0.3) is 0 Å². The summed E-state index contributed by atoms with van der Waals surface area (Å²) >= 11 is 1.57. The highest BCUT2D eigenvalue weighted by Crippen LogP contribution is 2.37. The van der Waals surface area contributed by atoms with Crippen molar-refractivity contribution in [3.63, 3.8) is 0 Å². The minimum atomic E-state index is -0.109. The van der Waals surface area contributed by atoms with Crippen molar-refractivity contribution in [3.8, 4) is 11.5 Å². The summed E-state index contributed by atoms with van der Waals surface area (Å²) in [4.78, 5) is 23.3. The molecule has 0 unspecified atom stereocenters. The summed E-state index contributed by atoms with van der Waals surface area (Å²) in [5.74, 6) is 1.58. The van der Waals surface area contributed by atoms with Crippen LogP contribution in [0.1, 0.15) is 43.8 Å². The van der Waals surface area contributed by atoms with E-state index in [1.165, 1.54) is 4.88 Å². The Bertz CT molecular complexity index is 929. The van der Waals surface area contributed by atoms with Gasteiger partial charge in [0.05, 0.1) is 12.2 Å². The summed E-state index contributed by atoms with van der Waals surface area (Å²) in [5, 5.41) is 3.72. The number of hydrogen-bond donors (Lipinski definition) is 1. The summed E-state index contributed by atoms with van der Waals surface area (Å²) in [7, 11) is 0. The van der Waals surface area contributed by atoms with Crippen LogP contribution in [0.4, 0.5) is 5.13 Å². The summed E-state index contributed by atoms with van der Waals surface area (Å²) < 4.78 is 10.9. The molecule has 0 radical (unpaired) electrons. The second kappa shape index (κ2) is 9.14. The average Bonchev–Trinajstić information content (AvgIpc) is 3.34. The van der Waals surface area contributed by atoms with Gasteiger partial charge in [-0.15, -0.1) is 11.3 Å². The zero-order valence-corrected chi connectivity index (χ0v) is 19.7. The van der Waals surface area contributed by atoms with E-state index in [-0.39, 0.29) is 18.1 Å². The number of carbonyl (C=O) groups is 1. The largest absolute Gasteiger partial charge is 0.454 e. The third-order valence-electron chi connectivity index (χ3n) is 5.74. The first-order valence-corrected chi connectivity index (χ1v) is 11.8. The lowest BCUT2D eigenvalue weighted by atomic mass is 9.90. The Labute approximate surface area is 188 Å². The van der Waals surface area contributed by atoms with Gasteiger partial charge in [0.1, 0.15) is 0 Å². The summed E-state index contributed by atoms with van der Waals surface area (Å²) in [6, 6.07) is 6.05. The SMILES string of the molecule is CCN1CCN(CC(=O)Nc2nc(C(C)(C)C)c(Cc3ccc4c(c3)OCO4)s2)CC1. The number of nitrogens with one attached hydrogen (secondary N) is 1. The molecule has 1 fully saturated rings. The zero-order chi connectivity index (χ0) is 22.0. The molecule has 4 rings (SSSR count). The van der Waals surface area contributed by atoms with E-state index in [1.807, 2.05) is 12.1 Å². The van der Waals surface area contributed by atoms with Gasteiger partial charge in [-0.1, -0.05) is 33.8 Å². The van der Waals surface area contributed by atoms with Crippen molar-refractivity contribution in [2.75, 3.05) is 51.4 Å². The molecule has 1 aromatic heterocycles. The Morgan fingerprint density at radius 3 is 2.55 bits per heavy atom. The highest BCUT2D eigenvalue weighted by Gasteiger charge is 2.25. The number of carbonyl (C=O) groups excluding carboxylic acids is 1. The molecule has 1 saturated heterocycles. The Kier molecular flexibility index (Phi) is 6.50. The van der Waals surface area contributed by atoms with Gasteiger partial charge in [-0.3, -0.25) is 9.69 Å². The number of thiazole rings is 1. The lowest BCUT2D eigenvalue weighted by Crippen LogP contribution is -2.48. The van der Waals surface area contributed by atoms with Crippen LogP contribution in [-0.2, 0) is 16.6 Å². The smallest absolute Gasteiger partial charge is 0.240 e. The first-order valence-electron chi connectivity index (χ1n) is 10.9. The molecule has 7 nitrogen and oxygen atoms in total. The molecule has 0 spiro atoms. The molecule has 2 aliphatic heterocycles. The van der Waals surface area contributed by atoms with Crippen LogP contribution in [0.25, 0.3) is 0 Å². The summed E-state index contributed by atoms with van der Waals surface area (Å²) in [6.07, 6.45) is 0.746. The third kappa shape index (κ3) is 5.37. The fourth-order valence-electron chi connectivity index (χ4n) is 3.97. The van der Waals surface area contributed by atoms with Crippen molar-refractivity contribution >= 4 is 22.4 Å². The molecule has 168 valence electrons. The maximum absolute atomic E-state index is 12.7. The van der Waals surface area contributed by atoms with Gasteiger partial charge in [-0.25, -0.2) is 4.98 Å². The number of anilines is 1. The summed E-state index contributed by atoms with van der Waals surface area (Å²) in [5.41, 5.74) is 2.06. The van der Waals surface area contributed by atoms with Gasteiger partial charge >= 0.3 is 0 Å². The van der Waals surface area contributed by atoms with Crippen molar-refractivity contribution in [1.29, 1.82) is 0 Å². The number of nitrogens with zero attached hydrogens (tertiary/aromatic N) is 3. The van der Waals surface area contributed by atoms with Crippen LogP contribution in [0, 0.1) is 0 Å². The number of aromatic nitrogens is 1. The maximum Gasteiger partial charge on any atom is 0.240 e. The van der Waals surface area contributed by atoms with Crippen LogP contribution < -0.4 is 14.8 Å². The molecule has 2 aromatic rings. The standard InChI is InChI=1S/C23H32N4O3S/c1-5-26-8-10-27(11-9-26)14-20(28)24-22-25-21(23(2,3)4)19(31-22)13-16-6-7-17-18(12-16)30-15-29-17/h6-7,12H,5,8-11,13-15H2,1-4H3,(H,24,25,28). The van der Waals surface area contributed by atoms with Crippen molar-refractivity contribution in [1.82, 2.24) is 14.8 Å². The van der Waals surface area contributed by atoms with Gasteiger partial charge in [-0.2, -0.15) is 0 Å². The van der Waals surface area contributed by atoms with Crippen LogP contribution in [0.15, 0.2) is 18.2 Å². The second-order valence-corrected chi connectivity index (χ2v) is 10.2. The van der Waals surface area contributed by atoms with E-state index in [9.17, 15) is 4.79 Å². The van der Waals surface area contributed by atoms with Crippen LogP contribution in [0.3, 0.4) is 0 Å². The van der Waals surface area contributed by atoms with Gasteiger partial charge in [0.2, 0.25) is 12.7 Å². The molecule has 1 aromatic carbocycles. The van der Waals surface area contributed by atoms with E-state index >= 15 is 0 Å². The zero-order valence-electron chi connectivity index (χ0n) is 18.9. The predicted octanol–water partition coefficient (Wildman–Crippen LogP) is 3.34. The van der Waals surface area contributed by atoms with Crippen molar-refractivity contribution in [2.45, 2.75) is 39.5 Å². The van der Waals surface area contributed by atoms with E-state index in [0.29, 0.717) is 11.7 Å². The molecule has 0 aliphatic carbocycles. The molecular formula is C23H32N4O3S. The number of fused-ring (bicyclic) bond motifs is 1. The normalized spacial score (nSPS) is 17.2. The minimum Gasteiger partial charge on any atom is -0.454 e. The van der Waals surface area contributed by atoms with Crippen molar-refractivity contribution in [3.05, 3.63) is 34.3 Å². The number of amides is 1. The number of hydrogen-bond acceptors (Lipinski definition) is 7. The van der Waals surface area contributed by atoms with Crippen molar-refractivity contribution in [2.24, 2.45) is 0 Å². The monoisotopic (exact) mass is 444 g/mol. The number of rotatable bonds is 6. The summed E-state index contributed by atoms with van der Waals surface area (Å²) in [6.45, 7) is 14.3. The Balaban J connectivity index is 1.44. The highest BCUT2D eigenvalue weighted by molar-refractivity contribution is 7.15. The molecule has 31 heavy (non-hydrogen) atoms. The molecule has 1 N–H and O–H groups in total.